The molecule has 2 aliphatic carbocycles. The lowest BCUT2D eigenvalue weighted by Crippen LogP contribution is -2.63. The topological polar surface area (TPSA) is 74.2 Å². The quantitative estimate of drug-likeness (QED) is 0.302. The lowest BCUT2D eigenvalue weighted by atomic mass is 9.45. The summed E-state index contributed by atoms with van der Waals surface area (Å²) < 4.78 is 23.6. The molecule has 3 aliphatic rings. The summed E-state index contributed by atoms with van der Waals surface area (Å²) in [6, 6.07) is 0. The van der Waals surface area contributed by atoms with Crippen LogP contribution in [0.1, 0.15) is 59.8 Å². The number of aliphatic hydroxyl groups excluding tert-OH is 1. The van der Waals surface area contributed by atoms with E-state index in [1.807, 2.05) is 26.0 Å². The zero-order valence-corrected chi connectivity index (χ0v) is 21.1. The van der Waals surface area contributed by atoms with Crippen molar-refractivity contribution in [3.8, 4) is 0 Å². The van der Waals surface area contributed by atoms with Gasteiger partial charge in [-0.05, 0) is 61.0 Å². The molecule has 186 valence electrons. The van der Waals surface area contributed by atoms with Crippen molar-refractivity contribution in [2.24, 2.45) is 28.6 Å². The highest BCUT2D eigenvalue weighted by Gasteiger charge is 2.70. The number of rotatable bonds is 9. The highest BCUT2D eigenvalue weighted by molar-refractivity contribution is 5.72. The molecule has 33 heavy (non-hydrogen) atoms. The molecule has 1 saturated carbocycles. The summed E-state index contributed by atoms with van der Waals surface area (Å²) in [7, 11) is 3.27. The number of carbonyl (C=O) groups excluding carboxylic acids is 1. The average molecular weight is 463 g/mol. The fourth-order valence-corrected chi connectivity index (χ4v) is 6.39. The third-order valence-electron chi connectivity index (χ3n) is 8.90. The van der Waals surface area contributed by atoms with Gasteiger partial charge in [-0.1, -0.05) is 52.5 Å². The Morgan fingerprint density at radius 2 is 2.06 bits per heavy atom. The molecule has 6 heteroatoms. The van der Waals surface area contributed by atoms with Crippen LogP contribution < -0.4 is 0 Å². The normalized spacial score (nSPS) is 40.9. The van der Waals surface area contributed by atoms with Crippen LogP contribution in [-0.2, 0) is 23.7 Å². The van der Waals surface area contributed by atoms with E-state index < -0.39 is 24.1 Å². The smallest absolute Gasteiger partial charge is 0.309 e. The Bertz CT molecular complexity index is 789. The van der Waals surface area contributed by atoms with Crippen LogP contribution in [0.25, 0.3) is 0 Å². The number of carbonyl (C=O) groups is 1. The first-order chi connectivity index (χ1) is 15.6. The standard InChI is InChI=1S/C27H42O6/c1-9-16(3)11-12-26(6)18(5)13-22(30-7)27-20(24(31-8)33-25(27)29)14-19(15-21(26)27)32-23(28)17(4)10-2/h9,14,17-19,21-22,24-25,29H,1,3,10-13,15H2,2,4-8H3/t17-,18+,19+,21+,22+,24+,25-,26-,27-/m0/s1. The molecule has 9 atom stereocenters. The summed E-state index contributed by atoms with van der Waals surface area (Å²) in [5.74, 6) is -0.0943. The van der Waals surface area contributed by atoms with Crippen LogP contribution in [0, 0.1) is 28.6 Å². The van der Waals surface area contributed by atoms with Crippen molar-refractivity contribution in [2.45, 2.75) is 84.6 Å². The molecule has 1 N–H and O–H groups in total. The van der Waals surface area contributed by atoms with Gasteiger partial charge >= 0.3 is 5.97 Å². The van der Waals surface area contributed by atoms with E-state index in [2.05, 4.69) is 27.0 Å². The molecule has 2 fully saturated rings. The van der Waals surface area contributed by atoms with Gasteiger partial charge in [0.25, 0.3) is 0 Å². The van der Waals surface area contributed by atoms with Crippen LogP contribution in [-0.4, -0.2) is 50.1 Å². The Morgan fingerprint density at radius 1 is 1.36 bits per heavy atom. The van der Waals surface area contributed by atoms with E-state index >= 15 is 0 Å². The summed E-state index contributed by atoms with van der Waals surface area (Å²) in [5, 5.41) is 11.4. The Hall–Kier alpha value is -1.47. The highest BCUT2D eigenvalue weighted by Crippen LogP contribution is 2.67. The number of hydrogen-bond acceptors (Lipinski definition) is 6. The van der Waals surface area contributed by atoms with Crippen LogP contribution in [0.3, 0.4) is 0 Å². The van der Waals surface area contributed by atoms with E-state index in [1.54, 1.807) is 14.2 Å². The van der Waals surface area contributed by atoms with E-state index in [4.69, 9.17) is 18.9 Å². The van der Waals surface area contributed by atoms with Gasteiger partial charge in [-0.3, -0.25) is 4.79 Å². The third-order valence-corrected chi connectivity index (χ3v) is 8.90. The van der Waals surface area contributed by atoms with Crippen LogP contribution in [0.15, 0.2) is 36.5 Å². The predicted molar refractivity (Wildman–Crippen MR) is 127 cm³/mol. The summed E-state index contributed by atoms with van der Waals surface area (Å²) in [5.41, 5.74) is 0.902. The Labute approximate surface area is 199 Å². The van der Waals surface area contributed by atoms with Gasteiger partial charge < -0.3 is 24.1 Å². The zero-order valence-electron chi connectivity index (χ0n) is 21.1. The van der Waals surface area contributed by atoms with Gasteiger partial charge in [-0.2, -0.15) is 0 Å². The maximum absolute atomic E-state index is 12.7. The fourth-order valence-electron chi connectivity index (χ4n) is 6.39. The first kappa shape index (κ1) is 26.1. The van der Waals surface area contributed by atoms with Crippen molar-refractivity contribution in [1.82, 2.24) is 0 Å². The van der Waals surface area contributed by atoms with Crippen molar-refractivity contribution in [1.29, 1.82) is 0 Å². The molecule has 0 aromatic carbocycles. The number of allylic oxidation sites excluding steroid dienone is 2. The van der Waals surface area contributed by atoms with Crippen molar-refractivity contribution in [3.05, 3.63) is 36.5 Å². The largest absolute Gasteiger partial charge is 0.458 e. The minimum atomic E-state index is -1.07. The van der Waals surface area contributed by atoms with Gasteiger partial charge in [0.1, 0.15) is 6.10 Å². The lowest BCUT2D eigenvalue weighted by Gasteiger charge is -2.61. The van der Waals surface area contributed by atoms with Crippen molar-refractivity contribution < 1.29 is 28.8 Å². The number of aliphatic hydroxyl groups is 1. The molecule has 1 spiro atoms. The second-order valence-electron chi connectivity index (χ2n) is 10.4. The summed E-state index contributed by atoms with van der Waals surface area (Å²) in [4.78, 5) is 12.7. The summed E-state index contributed by atoms with van der Waals surface area (Å²) >= 11 is 0. The number of hydrogen-bond donors (Lipinski definition) is 1. The van der Waals surface area contributed by atoms with Crippen LogP contribution in [0.5, 0.6) is 0 Å². The van der Waals surface area contributed by atoms with Crippen molar-refractivity contribution >= 4 is 5.97 Å². The second-order valence-corrected chi connectivity index (χ2v) is 10.4. The first-order valence-corrected chi connectivity index (χ1v) is 12.2. The van der Waals surface area contributed by atoms with E-state index in [0.29, 0.717) is 12.3 Å². The molecule has 0 bridgehead atoms. The molecule has 1 heterocycles. The second kappa shape index (κ2) is 10.0. The Balaban J connectivity index is 2.11. The monoisotopic (exact) mass is 462 g/mol. The SMILES string of the molecule is C=CC(=C)CC[C@@]1(C)[C@H](C)C[C@@H](OC)[C@]23C(=C[C@@H](OC(=O)[C@@H](C)CC)C[C@H]12)[C@H](OC)O[C@@H]3O. The van der Waals surface area contributed by atoms with Crippen molar-refractivity contribution in [2.75, 3.05) is 14.2 Å². The molecule has 0 radical (unpaired) electrons. The molecular formula is C27H42O6. The molecule has 0 aromatic rings. The van der Waals surface area contributed by atoms with Gasteiger partial charge in [0.15, 0.2) is 12.6 Å². The molecule has 0 amide bonds. The molecule has 6 nitrogen and oxygen atoms in total. The zero-order chi connectivity index (χ0) is 24.6. The minimum absolute atomic E-state index is 0.0406. The number of methoxy groups -OCH3 is 2. The maximum atomic E-state index is 12.7. The lowest BCUT2D eigenvalue weighted by molar-refractivity contribution is -0.248. The average Bonchev–Trinajstić information content (AvgIpc) is 3.10. The van der Waals surface area contributed by atoms with Gasteiger partial charge in [0, 0.05) is 14.2 Å². The molecule has 0 aromatic heterocycles. The molecular weight excluding hydrogens is 420 g/mol. The van der Waals surface area contributed by atoms with Crippen LogP contribution >= 0.6 is 0 Å². The van der Waals surface area contributed by atoms with E-state index in [1.165, 1.54) is 0 Å². The molecule has 3 rings (SSSR count). The van der Waals surface area contributed by atoms with Gasteiger partial charge in [0.2, 0.25) is 0 Å². The fraction of sp³-hybridized carbons (Fsp3) is 0.741. The first-order valence-electron chi connectivity index (χ1n) is 12.2. The Morgan fingerprint density at radius 3 is 2.64 bits per heavy atom. The molecule has 1 aliphatic heterocycles. The highest BCUT2D eigenvalue weighted by atomic mass is 16.7. The number of esters is 1. The van der Waals surface area contributed by atoms with Crippen molar-refractivity contribution in [3.63, 3.8) is 0 Å². The van der Waals surface area contributed by atoms with Gasteiger partial charge in [-0.25, -0.2) is 0 Å². The Kier molecular flexibility index (Phi) is 7.94. The maximum Gasteiger partial charge on any atom is 0.309 e. The predicted octanol–water partition coefficient (Wildman–Crippen LogP) is 4.78. The number of ether oxygens (including phenoxy) is 4. The van der Waals surface area contributed by atoms with Crippen LogP contribution in [0.4, 0.5) is 0 Å². The van der Waals surface area contributed by atoms with Gasteiger partial charge in [-0.15, -0.1) is 0 Å². The van der Waals surface area contributed by atoms with E-state index in [9.17, 15) is 9.90 Å². The van der Waals surface area contributed by atoms with Gasteiger partial charge in [0.05, 0.1) is 17.4 Å². The van der Waals surface area contributed by atoms with E-state index in [-0.39, 0.29) is 29.3 Å². The third kappa shape index (κ3) is 4.24. The summed E-state index contributed by atoms with van der Waals surface area (Å²) in [6.07, 6.45) is 5.16. The van der Waals surface area contributed by atoms with E-state index in [0.717, 1.165) is 36.8 Å². The molecule has 0 unspecified atom stereocenters. The molecule has 1 saturated heterocycles. The van der Waals surface area contributed by atoms with Crippen LogP contribution in [0.2, 0.25) is 0 Å². The summed E-state index contributed by atoms with van der Waals surface area (Å²) in [6.45, 7) is 16.4. The minimum Gasteiger partial charge on any atom is -0.458 e.